The molecule has 0 aromatic carbocycles. The van der Waals surface area contributed by atoms with Gasteiger partial charge >= 0.3 is 0 Å². The maximum atomic E-state index is 5.54. The topological polar surface area (TPSA) is 54.7 Å². The molecule has 0 radical (unpaired) electrons. The number of rotatable bonds is 4. The molecule has 4 heteroatoms. The number of nitrogens with zero attached hydrogens (tertiary/aromatic N) is 1. The van der Waals surface area contributed by atoms with Crippen molar-refractivity contribution in [2.24, 2.45) is 5.73 Å². The number of hydrogen-bond donors (Lipinski definition) is 2. The molecule has 0 fully saturated rings. The highest BCUT2D eigenvalue weighted by molar-refractivity contribution is 7.10. The van der Waals surface area contributed by atoms with Crippen molar-refractivity contribution in [2.75, 3.05) is 6.54 Å². The summed E-state index contributed by atoms with van der Waals surface area (Å²) in [6.07, 6.45) is 4.88. The molecule has 1 unspecified atom stereocenters. The fraction of sp³-hybridized carbons (Fsp3) is 0.364. The van der Waals surface area contributed by atoms with Crippen molar-refractivity contribution in [3.63, 3.8) is 0 Å². The molecule has 3 N–H and O–H groups in total. The van der Waals surface area contributed by atoms with Crippen LogP contribution >= 0.6 is 11.3 Å². The maximum Gasteiger partial charge on any atom is 0.0961 e. The van der Waals surface area contributed by atoms with Gasteiger partial charge in [-0.15, -0.1) is 11.3 Å². The summed E-state index contributed by atoms with van der Waals surface area (Å²) in [5, 5.41) is 3.28. The third-order valence-corrected chi connectivity index (χ3v) is 3.51. The summed E-state index contributed by atoms with van der Waals surface area (Å²) in [7, 11) is 0. The Kier molecular flexibility index (Phi) is 3.18. The minimum absolute atomic E-state index is 0.465. The lowest BCUT2D eigenvalue weighted by Gasteiger charge is -2.04. The van der Waals surface area contributed by atoms with Gasteiger partial charge in [-0.25, -0.2) is 4.98 Å². The van der Waals surface area contributed by atoms with E-state index in [1.165, 1.54) is 5.01 Å². The molecule has 80 valence electrons. The van der Waals surface area contributed by atoms with E-state index in [-0.39, 0.29) is 0 Å². The highest BCUT2D eigenvalue weighted by Gasteiger charge is 2.10. The molecule has 0 amide bonds. The first-order valence-electron chi connectivity index (χ1n) is 5.10. The summed E-state index contributed by atoms with van der Waals surface area (Å²) in [5.74, 6) is 0.465. The molecule has 0 spiro atoms. The van der Waals surface area contributed by atoms with Crippen LogP contribution in [0.15, 0.2) is 23.8 Å². The molecule has 0 saturated carbocycles. The monoisotopic (exact) mass is 221 g/mol. The van der Waals surface area contributed by atoms with Crippen LogP contribution in [0, 0.1) is 0 Å². The fourth-order valence-electron chi connectivity index (χ4n) is 1.50. The number of aromatic amines is 1. The van der Waals surface area contributed by atoms with Gasteiger partial charge in [-0.3, -0.25) is 0 Å². The molecule has 0 aliphatic heterocycles. The highest BCUT2D eigenvalue weighted by atomic mass is 32.1. The second-order valence-electron chi connectivity index (χ2n) is 3.65. The molecule has 2 aromatic heterocycles. The molecule has 0 bridgehead atoms. The fourth-order valence-corrected chi connectivity index (χ4v) is 2.43. The molecule has 0 aliphatic rings. The van der Waals surface area contributed by atoms with Gasteiger partial charge in [0.05, 0.1) is 10.7 Å². The van der Waals surface area contributed by atoms with E-state index < -0.39 is 0 Å². The molecule has 2 heterocycles. The average molecular weight is 221 g/mol. The van der Waals surface area contributed by atoms with Gasteiger partial charge < -0.3 is 10.7 Å². The minimum atomic E-state index is 0.465. The standard InChI is InChI=1S/C11H15N3S/c1-8(2-4-12)11-14-10(7-15-11)9-3-5-13-6-9/h3,5-8,13H,2,4,12H2,1H3. The van der Waals surface area contributed by atoms with Crippen molar-refractivity contribution in [3.8, 4) is 11.3 Å². The van der Waals surface area contributed by atoms with Crippen LogP contribution in [-0.4, -0.2) is 16.5 Å². The van der Waals surface area contributed by atoms with Gasteiger partial charge in [0.1, 0.15) is 0 Å². The Balaban J connectivity index is 2.17. The van der Waals surface area contributed by atoms with Gasteiger partial charge in [-0.05, 0) is 19.0 Å². The average Bonchev–Trinajstić information content (AvgIpc) is 2.89. The van der Waals surface area contributed by atoms with Crippen molar-refractivity contribution in [1.82, 2.24) is 9.97 Å². The third-order valence-electron chi connectivity index (χ3n) is 2.44. The second kappa shape index (κ2) is 4.59. The summed E-state index contributed by atoms with van der Waals surface area (Å²) < 4.78 is 0. The van der Waals surface area contributed by atoms with Crippen molar-refractivity contribution in [1.29, 1.82) is 0 Å². The quantitative estimate of drug-likeness (QED) is 0.833. The van der Waals surface area contributed by atoms with E-state index >= 15 is 0 Å². The van der Waals surface area contributed by atoms with Crippen LogP contribution in [0.3, 0.4) is 0 Å². The first kappa shape index (κ1) is 10.4. The van der Waals surface area contributed by atoms with Gasteiger partial charge in [0.2, 0.25) is 0 Å². The number of nitrogens with one attached hydrogen (secondary N) is 1. The summed E-state index contributed by atoms with van der Waals surface area (Å²) in [5.41, 5.74) is 7.75. The normalized spacial score (nSPS) is 12.9. The molecule has 1 atom stereocenters. The largest absolute Gasteiger partial charge is 0.367 e. The summed E-state index contributed by atoms with van der Waals surface area (Å²) in [6, 6.07) is 2.03. The van der Waals surface area contributed by atoms with Gasteiger partial charge in [0.15, 0.2) is 0 Å². The van der Waals surface area contributed by atoms with Crippen LogP contribution in [0.1, 0.15) is 24.3 Å². The Morgan fingerprint density at radius 1 is 1.60 bits per heavy atom. The van der Waals surface area contributed by atoms with E-state index in [0.29, 0.717) is 5.92 Å². The van der Waals surface area contributed by atoms with E-state index in [9.17, 15) is 0 Å². The SMILES string of the molecule is CC(CCN)c1nc(-c2cc[nH]c2)cs1. The molecular weight excluding hydrogens is 206 g/mol. The lowest BCUT2D eigenvalue weighted by molar-refractivity contribution is 0.685. The van der Waals surface area contributed by atoms with Gasteiger partial charge in [0.25, 0.3) is 0 Å². The predicted molar refractivity (Wildman–Crippen MR) is 64.0 cm³/mol. The first-order valence-corrected chi connectivity index (χ1v) is 5.98. The Morgan fingerprint density at radius 3 is 3.13 bits per heavy atom. The number of aromatic nitrogens is 2. The van der Waals surface area contributed by atoms with Crippen LogP contribution in [0.25, 0.3) is 11.3 Å². The highest BCUT2D eigenvalue weighted by Crippen LogP contribution is 2.27. The van der Waals surface area contributed by atoms with Crippen LogP contribution in [0.5, 0.6) is 0 Å². The molecule has 2 rings (SSSR count). The summed E-state index contributed by atoms with van der Waals surface area (Å²) in [4.78, 5) is 7.65. The lowest BCUT2D eigenvalue weighted by Crippen LogP contribution is -2.04. The minimum Gasteiger partial charge on any atom is -0.367 e. The number of hydrogen-bond acceptors (Lipinski definition) is 3. The third kappa shape index (κ3) is 2.27. The zero-order valence-electron chi connectivity index (χ0n) is 8.73. The first-order chi connectivity index (χ1) is 7.31. The van der Waals surface area contributed by atoms with Crippen molar-refractivity contribution < 1.29 is 0 Å². The number of nitrogens with two attached hydrogens (primary N) is 1. The summed E-state index contributed by atoms with van der Waals surface area (Å²) >= 11 is 1.72. The maximum absolute atomic E-state index is 5.54. The molecular formula is C11H15N3S. The van der Waals surface area contributed by atoms with E-state index in [2.05, 4.69) is 22.3 Å². The smallest absolute Gasteiger partial charge is 0.0961 e. The predicted octanol–water partition coefficient (Wildman–Crippen LogP) is 2.59. The lowest BCUT2D eigenvalue weighted by atomic mass is 10.1. The van der Waals surface area contributed by atoms with Crippen LogP contribution in [0.4, 0.5) is 0 Å². The molecule has 0 saturated heterocycles. The Bertz CT molecular complexity index is 405. The van der Waals surface area contributed by atoms with E-state index in [1.807, 2.05) is 18.5 Å². The Hall–Kier alpha value is -1.13. The van der Waals surface area contributed by atoms with Crippen molar-refractivity contribution >= 4 is 11.3 Å². The molecule has 2 aromatic rings. The second-order valence-corrected chi connectivity index (χ2v) is 4.54. The van der Waals surface area contributed by atoms with Gasteiger partial charge in [0, 0.05) is 29.3 Å². The number of thiazole rings is 1. The summed E-state index contributed by atoms with van der Waals surface area (Å²) in [6.45, 7) is 2.90. The van der Waals surface area contributed by atoms with Gasteiger partial charge in [-0.1, -0.05) is 6.92 Å². The van der Waals surface area contributed by atoms with E-state index in [4.69, 9.17) is 5.73 Å². The van der Waals surface area contributed by atoms with Crippen LogP contribution in [0.2, 0.25) is 0 Å². The van der Waals surface area contributed by atoms with E-state index in [0.717, 1.165) is 24.2 Å². The van der Waals surface area contributed by atoms with Crippen LogP contribution < -0.4 is 5.73 Å². The number of H-pyrrole nitrogens is 1. The Labute approximate surface area is 93.4 Å². The van der Waals surface area contributed by atoms with Gasteiger partial charge in [-0.2, -0.15) is 0 Å². The molecule has 0 aliphatic carbocycles. The zero-order chi connectivity index (χ0) is 10.7. The molecule has 3 nitrogen and oxygen atoms in total. The Morgan fingerprint density at radius 2 is 2.47 bits per heavy atom. The zero-order valence-corrected chi connectivity index (χ0v) is 9.55. The van der Waals surface area contributed by atoms with Crippen molar-refractivity contribution in [3.05, 3.63) is 28.8 Å². The van der Waals surface area contributed by atoms with E-state index in [1.54, 1.807) is 11.3 Å². The van der Waals surface area contributed by atoms with Crippen molar-refractivity contribution in [2.45, 2.75) is 19.3 Å². The van der Waals surface area contributed by atoms with Crippen LogP contribution in [-0.2, 0) is 0 Å². The molecule has 15 heavy (non-hydrogen) atoms.